The Morgan fingerprint density at radius 3 is 1.26 bits per heavy atom. The monoisotopic (exact) mass is 710 g/mol. The molecule has 0 saturated heterocycles. The minimum absolute atomic E-state index is 0.890. The van der Waals surface area contributed by atoms with Gasteiger partial charge in [-0.25, -0.2) is 0 Å². The molecule has 5 heteroatoms. The fourth-order valence-corrected chi connectivity index (χ4v) is 11.3. The van der Waals surface area contributed by atoms with Crippen LogP contribution < -0.4 is 0 Å². The minimum Gasteiger partial charge on any atom is -0.456 e. The summed E-state index contributed by atoms with van der Waals surface area (Å²) in [6, 6.07) is 57.9. The number of hydrogen-bond acceptors (Lipinski definition) is 3. The van der Waals surface area contributed by atoms with Crippen molar-refractivity contribution in [2.24, 2.45) is 0 Å². The van der Waals surface area contributed by atoms with Crippen LogP contribution in [0.15, 0.2) is 162 Å². The maximum atomic E-state index is 6.56. The van der Waals surface area contributed by atoms with E-state index in [0.29, 0.717) is 0 Å². The normalized spacial score (nSPS) is 12.5. The molecule has 0 amide bonds. The van der Waals surface area contributed by atoms with Gasteiger partial charge in [0.1, 0.15) is 11.2 Å². The third-order valence-corrected chi connectivity index (χ3v) is 13.6. The van der Waals surface area contributed by atoms with Crippen molar-refractivity contribution < 1.29 is 4.42 Å². The summed E-state index contributed by atoms with van der Waals surface area (Å²) < 4.78 is 16.7. The van der Waals surface area contributed by atoms with Crippen molar-refractivity contribution >= 4 is 129 Å². The van der Waals surface area contributed by atoms with Crippen LogP contribution in [-0.2, 0) is 0 Å². The summed E-state index contributed by atoms with van der Waals surface area (Å²) in [4.78, 5) is 0. The van der Waals surface area contributed by atoms with Crippen LogP contribution in [0.3, 0.4) is 0 Å². The maximum absolute atomic E-state index is 6.56. The summed E-state index contributed by atoms with van der Waals surface area (Å²) in [5.41, 5.74) is 8.96. The second kappa shape index (κ2) is 10.1. The van der Waals surface area contributed by atoms with Gasteiger partial charge in [-0.05, 0) is 72.8 Å². The summed E-state index contributed by atoms with van der Waals surface area (Å²) in [6.45, 7) is 0. The highest BCUT2D eigenvalue weighted by atomic mass is 32.1. The topological polar surface area (TPSA) is 23.0 Å². The van der Waals surface area contributed by atoms with Crippen LogP contribution in [0.2, 0.25) is 0 Å². The van der Waals surface area contributed by atoms with E-state index in [4.69, 9.17) is 4.42 Å². The van der Waals surface area contributed by atoms with Crippen molar-refractivity contribution in [3.8, 4) is 11.4 Å². The highest BCUT2D eigenvalue weighted by Crippen LogP contribution is 2.45. The molecule has 0 fully saturated rings. The van der Waals surface area contributed by atoms with Gasteiger partial charge in [0, 0.05) is 84.0 Å². The molecule has 0 aliphatic heterocycles. The molecule has 0 unspecified atom stereocenters. The third kappa shape index (κ3) is 3.67. The maximum Gasteiger partial charge on any atom is 0.135 e. The molecule has 0 spiro atoms. The molecule has 0 saturated carbocycles. The number of thiophene rings is 2. The van der Waals surface area contributed by atoms with Gasteiger partial charge in [0.25, 0.3) is 0 Å². The molecule has 5 heterocycles. The van der Waals surface area contributed by atoms with Crippen LogP contribution in [-0.4, -0.2) is 9.13 Å². The summed E-state index contributed by atoms with van der Waals surface area (Å²) >= 11 is 3.74. The average Bonchev–Trinajstić information content (AvgIpc) is 4.01. The first-order valence-corrected chi connectivity index (χ1v) is 19.6. The third-order valence-electron chi connectivity index (χ3n) is 11.3. The predicted octanol–water partition coefficient (Wildman–Crippen LogP) is 14.5. The zero-order valence-electron chi connectivity index (χ0n) is 28.1. The minimum atomic E-state index is 0.890. The first kappa shape index (κ1) is 28.2. The van der Waals surface area contributed by atoms with Gasteiger partial charge in [0.15, 0.2) is 0 Å². The molecule has 0 atom stereocenters. The van der Waals surface area contributed by atoms with Crippen LogP contribution in [0.25, 0.3) is 117 Å². The highest BCUT2D eigenvalue weighted by Gasteiger charge is 2.21. The fourth-order valence-electron chi connectivity index (χ4n) is 9.10. The summed E-state index contributed by atoms with van der Waals surface area (Å²) in [7, 11) is 0. The molecule has 13 aromatic rings. The lowest BCUT2D eigenvalue weighted by molar-refractivity contribution is 0.669. The predicted molar refractivity (Wildman–Crippen MR) is 228 cm³/mol. The van der Waals surface area contributed by atoms with Gasteiger partial charge in [0.05, 0.1) is 22.1 Å². The van der Waals surface area contributed by atoms with Gasteiger partial charge in [-0.15, -0.1) is 22.7 Å². The van der Waals surface area contributed by atoms with Crippen molar-refractivity contribution in [3.05, 3.63) is 158 Å². The zero-order valence-corrected chi connectivity index (χ0v) is 29.8. The van der Waals surface area contributed by atoms with Crippen LogP contribution in [0.4, 0.5) is 0 Å². The van der Waals surface area contributed by atoms with E-state index in [2.05, 4.69) is 167 Å². The zero-order chi connectivity index (χ0) is 34.4. The molecule has 0 N–H and O–H groups in total. The first-order valence-electron chi connectivity index (χ1n) is 17.9. The van der Waals surface area contributed by atoms with Crippen molar-refractivity contribution in [1.82, 2.24) is 9.13 Å². The Morgan fingerprint density at radius 2 is 0.774 bits per heavy atom. The lowest BCUT2D eigenvalue weighted by atomic mass is 10.1. The SMILES string of the molecule is c1ccc2c(c1)sc1ccc3c4ccccc4n(-c4ccc5oc6ccc(-n7c8ccccc8c8ccc9sc%10ccccc%10c9c87)cc6c5c4)c3c12. The largest absolute Gasteiger partial charge is 0.456 e. The molecule has 246 valence electrons. The van der Waals surface area contributed by atoms with E-state index in [-0.39, 0.29) is 0 Å². The Kier molecular flexibility index (Phi) is 5.40. The van der Waals surface area contributed by atoms with E-state index < -0.39 is 0 Å². The molecule has 5 aromatic heterocycles. The van der Waals surface area contributed by atoms with Gasteiger partial charge >= 0.3 is 0 Å². The quantitative estimate of drug-likeness (QED) is 0.175. The molecular weight excluding hydrogens is 685 g/mol. The van der Waals surface area contributed by atoms with Crippen LogP contribution in [0.5, 0.6) is 0 Å². The summed E-state index contributed by atoms with van der Waals surface area (Å²) in [5.74, 6) is 0. The number of para-hydroxylation sites is 2. The van der Waals surface area contributed by atoms with Crippen LogP contribution in [0.1, 0.15) is 0 Å². The molecule has 0 aliphatic rings. The molecular formula is C48H26N2OS2. The number of furan rings is 1. The lowest BCUT2D eigenvalue weighted by Gasteiger charge is -2.10. The number of fused-ring (bicyclic) bond motifs is 17. The van der Waals surface area contributed by atoms with Gasteiger partial charge in [-0.2, -0.15) is 0 Å². The number of benzene rings is 8. The van der Waals surface area contributed by atoms with Gasteiger partial charge < -0.3 is 13.6 Å². The molecule has 0 aliphatic carbocycles. The van der Waals surface area contributed by atoms with E-state index >= 15 is 0 Å². The second-order valence-electron chi connectivity index (χ2n) is 14.0. The highest BCUT2D eigenvalue weighted by molar-refractivity contribution is 7.26. The van der Waals surface area contributed by atoms with Gasteiger partial charge in [0.2, 0.25) is 0 Å². The second-order valence-corrected chi connectivity index (χ2v) is 16.2. The first-order chi connectivity index (χ1) is 26.3. The van der Waals surface area contributed by atoms with E-state index in [0.717, 1.165) is 33.3 Å². The van der Waals surface area contributed by atoms with Crippen molar-refractivity contribution in [2.45, 2.75) is 0 Å². The van der Waals surface area contributed by atoms with E-state index in [1.807, 2.05) is 22.7 Å². The molecule has 0 bridgehead atoms. The summed E-state index contributed by atoms with van der Waals surface area (Å²) in [6.07, 6.45) is 0. The Morgan fingerprint density at radius 1 is 0.340 bits per heavy atom. The van der Waals surface area contributed by atoms with E-state index in [9.17, 15) is 0 Å². The molecule has 3 nitrogen and oxygen atoms in total. The standard InChI is InChI=1S/C48H26N2OS2/c1-5-13-37-29(9-1)31-19-23-43-45(33-11-3-7-15-41(33)52-43)47(31)49(37)27-17-21-39-35(25-27)36-26-28(18-22-40(36)51-39)50-38-14-6-2-10-30(38)32-20-24-44-46(48(32)50)34-12-4-8-16-42(34)53-44/h1-26H. The fraction of sp³-hybridized carbons (Fsp3) is 0. The van der Waals surface area contributed by atoms with E-state index in [1.54, 1.807) is 0 Å². The van der Waals surface area contributed by atoms with Gasteiger partial charge in [-0.1, -0.05) is 84.9 Å². The van der Waals surface area contributed by atoms with Crippen molar-refractivity contribution in [3.63, 3.8) is 0 Å². The Hall–Kier alpha value is -6.40. The van der Waals surface area contributed by atoms with Crippen LogP contribution in [0, 0.1) is 0 Å². The Bertz CT molecular complexity index is 3460. The lowest BCUT2D eigenvalue weighted by Crippen LogP contribution is -1.94. The molecule has 53 heavy (non-hydrogen) atoms. The Labute approximate surface area is 309 Å². The Balaban J connectivity index is 1.11. The van der Waals surface area contributed by atoms with Crippen molar-refractivity contribution in [1.29, 1.82) is 0 Å². The van der Waals surface area contributed by atoms with Crippen molar-refractivity contribution in [2.75, 3.05) is 0 Å². The summed E-state index contributed by atoms with van der Waals surface area (Å²) in [5, 5.41) is 12.5. The van der Waals surface area contributed by atoms with Gasteiger partial charge in [-0.3, -0.25) is 0 Å². The number of aromatic nitrogens is 2. The smallest absolute Gasteiger partial charge is 0.135 e. The number of rotatable bonds is 2. The molecule has 0 radical (unpaired) electrons. The molecule has 13 rings (SSSR count). The molecule has 8 aromatic carbocycles. The number of hydrogen-bond donors (Lipinski definition) is 0. The number of nitrogens with zero attached hydrogens (tertiary/aromatic N) is 2. The van der Waals surface area contributed by atoms with E-state index in [1.165, 1.54) is 84.0 Å². The average molecular weight is 711 g/mol. The van der Waals surface area contributed by atoms with Crippen LogP contribution >= 0.6 is 22.7 Å².